The van der Waals surface area contributed by atoms with E-state index in [2.05, 4.69) is 27.5 Å². The van der Waals surface area contributed by atoms with Gasteiger partial charge in [0, 0.05) is 11.9 Å². The number of anilines is 4. The van der Waals surface area contributed by atoms with Gasteiger partial charge in [0.25, 0.3) is 0 Å². The number of aromatic nitrogens is 2. The predicted molar refractivity (Wildman–Crippen MR) is 135 cm³/mol. The molecule has 3 rings (SSSR count). The molecule has 0 saturated carbocycles. The molecule has 0 spiro atoms. The highest BCUT2D eigenvalue weighted by atomic mass is 19.4. The van der Waals surface area contributed by atoms with Crippen LogP contribution in [0.5, 0.6) is 5.75 Å². The summed E-state index contributed by atoms with van der Waals surface area (Å²) in [6.45, 7) is 6.62. The third-order valence-corrected chi connectivity index (χ3v) is 5.34. The maximum absolute atomic E-state index is 13.7. The van der Waals surface area contributed by atoms with E-state index in [-0.39, 0.29) is 17.7 Å². The van der Waals surface area contributed by atoms with Gasteiger partial charge < -0.3 is 15.4 Å². The van der Waals surface area contributed by atoms with Gasteiger partial charge in [0.2, 0.25) is 5.95 Å². The van der Waals surface area contributed by atoms with E-state index in [1.165, 1.54) is 24.8 Å². The molecule has 0 bridgehead atoms. The van der Waals surface area contributed by atoms with Gasteiger partial charge >= 0.3 is 6.18 Å². The summed E-state index contributed by atoms with van der Waals surface area (Å²) in [5.41, 5.74) is 1.37. The summed E-state index contributed by atoms with van der Waals surface area (Å²) < 4.78 is 46.8. The lowest BCUT2D eigenvalue weighted by Gasteiger charge is -2.17. The van der Waals surface area contributed by atoms with Gasteiger partial charge in [0.05, 0.1) is 12.3 Å². The fourth-order valence-corrected chi connectivity index (χ4v) is 3.46. The number of hydrogen-bond acceptors (Lipinski definition) is 5. The van der Waals surface area contributed by atoms with Gasteiger partial charge in [0.15, 0.2) is 0 Å². The van der Waals surface area contributed by atoms with E-state index in [1.54, 1.807) is 24.3 Å². The van der Waals surface area contributed by atoms with Gasteiger partial charge in [-0.1, -0.05) is 64.3 Å². The number of nitrogens with one attached hydrogen (secondary N) is 2. The van der Waals surface area contributed by atoms with Crippen LogP contribution in [0.25, 0.3) is 0 Å². The Morgan fingerprint density at radius 1 is 0.943 bits per heavy atom. The smallest absolute Gasteiger partial charge is 0.421 e. The van der Waals surface area contributed by atoms with Crippen molar-refractivity contribution in [2.75, 3.05) is 17.2 Å². The first kappa shape index (κ1) is 26.3. The van der Waals surface area contributed by atoms with Gasteiger partial charge in [0.1, 0.15) is 17.1 Å². The van der Waals surface area contributed by atoms with Crippen molar-refractivity contribution in [3.63, 3.8) is 0 Å². The van der Waals surface area contributed by atoms with E-state index in [4.69, 9.17) is 4.74 Å². The predicted octanol–water partition coefficient (Wildman–Crippen LogP) is 8.14. The van der Waals surface area contributed by atoms with Crippen LogP contribution in [0.3, 0.4) is 0 Å². The first-order valence-electron chi connectivity index (χ1n) is 12.0. The summed E-state index contributed by atoms with van der Waals surface area (Å²) in [4.78, 5) is 8.05. The van der Waals surface area contributed by atoms with Gasteiger partial charge in [-0.3, -0.25) is 0 Å². The molecule has 188 valence electrons. The maximum atomic E-state index is 13.7. The number of ether oxygens (including phenoxy) is 1. The summed E-state index contributed by atoms with van der Waals surface area (Å²) in [5.74, 6) is 0.447. The van der Waals surface area contributed by atoms with Crippen molar-refractivity contribution >= 4 is 23.1 Å². The van der Waals surface area contributed by atoms with E-state index in [0.29, 0.717) is 23.7 Å². The number of alkyl halides is 3. The van der Waals surface area contributed by atoms with Crippen molar-refractivity contribution in [1.82, 2.24) is 9.97 Å². The molecular formula is C27H33F3N4O. The molecule has 2 aromatic carbocycles. The topological polar surface area (TPSA) is 59.1 Å². The Morgan fingerprint density at radius 3 is 2.37 bits per heavy atom. The number of hydrogen-bond donors (Lipinski definition) is 2. The highest BCUT2D eigenvalue weighted by molar-refractivity contribution is 5.67. The molecular weight excluding hydrogens is 453 g/mol. The lowest BCUT2D eigenvalue weighted by atomic mass is 10.1. The highest BCUT2D eigenvalue weighted by Crippen LogP contribution is 2.37. The van der Waals surface area contributed by atoms with Crippen LogP contribution in [-0.4, -0.2) is 16.6 Å². The molecule has 8 heteroatoms. The molecule has 5 nitrogen and oxygen atoms in total. The number of benzene rings is 2. The van der Waals surface area contributed by atoms with Gasteiger partial charge in [-0.2, -0.15) is 18.2 Å². The van der Waals surface area contributed by atoms with E-state index >= 15 is 0 Å². The molecule has 0 radical (unpaired) electrons. The zero-order valence-electron chi connectivity index (χ0n) is 20.5. The average Bonchev–Trinajstić information content (AvgIpc) is 2.82. The Kier molecular flexibility index (Phi) is 9.34. The minimum Gasteiger partial charge on any atom is -0.491 e. The molecule has 0 fully saturated rings. The largest absolute Gasteiger partial charge is 0.491 e. The second kappa shape index (κ2) is 12.4. The van der Waals surface area contributed by atoms with Gasteiger partial charge in [-0.25, -0.2) is 4.98 Å². The maximum Gasteiger partial charge on any atom is 0.421 e. The average molecular weight is 487 g/mol. The monoisotopic (exact) mass is 486 g/mol. The van der Waals surface area contributed by atoms with Crippen LogP contribution >= 0.6 is 0 Å². The second-order valence-corrected chi connectivity index (χ2v) is 8.91. The van der Waals surface area contributed by atoms with Gasteiger partial charge in [-0.05, 0) is 48.6 Å². The number of aryl methyl sites for hydroxylation is 1. The third kappa shape index (κ3) is 8.16. The van der Waals surface area contributed by atoms with E-state index in [9.17, 15) is 13.2 Å². The Balaban J connectivity index is 1.79. The van der Waals surface area contributed by atoms with Crippen LogP contribution in [0.2, 0.25) is 0 Å². The third-order valence-electron chi connectivity index (χ3n) is 5.34. The van der Waals surface area contributed by atoms with Crippen molar-refractivity contribution in [3.05, 3.63) is 65.9 Å². The van der Waals surface area contributed by atoms with Crippen molar-refractivity contribution < 1.29 is 17.9 Å². The summed E-state index contributed by atoms with van der Waals surface area (Å²) in [6, 6.07) is 14.7. The Labute approximate surface area is 205 Å². The van der Waals surface area contributed by atoms with Crippen molar-refractivity contribution in [3.8, 4) is 5.75 Å². The minimum atomic E-state index is -4.62. The fraction of sp³-hybridized carbons (Fsp3) is 0.407. The summed E-state index contributed by atoms with van der Waals surface area (Å²) in [7, 11) is 0. The van der Waals surface area contributed by atoms with Crippen molar-refractivity contribution in [2.45, 2.75) is 59.1 Å². The number of halogens is 3. The van der Waals surface area contributed by atoms with Crippen LogP contribution in [0, 0.1) is 5.92 Å². The highest BCUT2D eigenvalue weighted by Gasteiger charge is 2.35. The molecule has 0 aliphatic rings. The normalized spacial score (nSPS) is 11.5. The molecule has 0 amide bonds. The van der Waals surface area contributed by atoms with E-state index in [0.717, 1.165) is 19.0 Å². The lowest BCUT2D eigenvalue weighted by molar-refractivity contribution is -0.137. The summed E-state index contributed by atoms with van der Waals surface area (Å²) in [6.07, 6.45) is 1.95. The molecule has 0 aliphatic carbocycles. The molecule has 2 N–H and O–H groups in total. The standard InChI is InChI=1S/C27H33F3N4O/c1-4-5-6-7-10-20-13-15-21(16-14-20)32-26-31-17-22(27(28,29)30)25(34-26)33-23-11-8-9-12-24(23)35-18-19(2)3/h8-9,11-17,19H,4-7,10,18H2,1-3H3,(H2,31,32,33,34). The first-order chi connectivity index (χ1) is 16.8. The molecule has 3 aromatic rings. The molecule has 1 aromatic heterocycles. The van der Waals surface area contributed by atoms with Crippen molar-refractivity contribution in [1.29, 1.82) is 0 Å². The fourth-order valence-electron chi connectivity index (χ4n) is 3.46. The minimum absolute atomic E-state index is 0.0665. The van der Waals surface area contributed by atoms with E-state index in [1.807, 2.05) is 38.1 Å². The molecule has 0 atom stereocenters. The lowest BCUT2D eigenvalue weighted by Crippen LogP contribution is -2.13. The number of rotatable bonds is 12. The number of para-hydroxylation sites is 2. The zero-order valence-corrected chi connectivity index (χ0v) is 20.5. The first-order valence-corrected chi connectivity index (χ1v) is 12.0. The van der Waals surface area contributed by atoms with Crippen molar-refractivity contribution in [2.24, 2.45) is 5.92 Å². The molecule has 0 saturated heterocycles. The zero-order chi connectivity index (χ0) is 25.3. The molecule has 35 heavy (non-hydrogen) atoms. The molecule has 0 unspecified atom stereocenters. The quantitative estimate of drug-likeness (QED) is 0.253. The van der Waals surface area contributed by atoms with Gasteiger partial charge in [-0.15, -0.1) is 0 Å². The molecule has 1 heterocycles. The second-order valence-electron chi connectivity index (χ2n) is 8.91. The van der Waals surface area contributed by atoms with Crippen LogP contribution in [-0.2, 0) is 12.6 Å². The Hall–Kier alpha value is -3.29. The van der Waals surface area contributed by atoms with E-state index < -0.39 is 11.7 Å². The number of nitrogens with zero attached hydrogens (tertiary/aromatic N) is 2. The Bertz CT molecular complexity index is 1070. The van der Waals surface area contributed by atoms with Crippen LogP contribution in [0.15, 0.2) is 54.7 Å². The summed E-state index contributed by atoms with van der Waals surface area (Å²) in [5, 5.41) is 5.81. The van der Waals surface area contributed by atoms with Crippen LogP contribution in [0.4, 0.5) is 36.3 Å². The van der Waals surface area contributed by atoms with Crippen LogP contribution in [0.1, 0.15) is 57.6 Å². The van der Waals surface area contributed by atoms with Crippen LogP contribution < -0.4 is 15.4 Å². The summed E-state index contributed by atoms with van der Waals surface area (Å²) >= 11 is 0. The molecule has 0 aliphatic heterocycles. The number of unbranched alkanes of at least 4 members (excludes halogenated alkanes) is 3. The SMILES string of the molecule is CCCCCCc1ccc(Nc2ncc(C(F)(F)F)c(Nc3ccccc3OCC(C)C)n2)cc1. The Morgan fingerprint density at radius 2 is 1.69 bits per heavy atom.